The second-order valence-corrected chi connectivity index (χ2v) is 8.31. The zero-order chi connectivity index (χ0) is 14.8. The standard InChI is InChI=1S/C15H24N2O2S/c1-15(2)9-7-14(8-10-15)17-20(18,19)11-12-3-5-13(16)6-4-12/h3-6,14,17H,7-11,16H2,1-2H3. The summed E-state index contributed by atoms with van der Waals surface area (Å²) in [7, 11) is -3.28. The highest BCUT2D eigenvalue weighted by atomic mass is 32.2. The van der Waals surface area contributed by atoms with Crippen molar-refractivity contribution in [2.75, 3.05) is 5.73 Å². The van der Waals surface area contributed by atoms with Crippen LogP contribution in [0.4, 0.5) is 5.69 Å². The minimum absolute atomic E-state index is 0.0210. The van der Waals surface area contributed by atoms with Crippen molar-refractivity contribution < 1.29 is 8.42 Å². The molecular weight excluding hydrogens is 272 g/mol. The topological polar surface area (TPSA) is 72.2 Å². The Labute approximate surface area is 121 Å². The molecule has 5 heteroatoms. The number of rotatable bonds is 4. The van der Waals surface area contributed by atoms with Crippen LogP contribution in [-0.2, 0) is 15.8 Å². The lowest BCUT2D eigenvalue weighted by Crippen LogP contribution is -2.39. The fraction of sp³-hybridized carbons (Fsp3) is 0.600. The normalized spacial score (nSPS) is 19.9. The highest BCUT2D eigenvalue weighted by molar-refractivity contribution is 7.88. The Kier molecular flexibility index (Phi) is 4.39. The summed E-state index contributed by atoms with van der Waals surface area (Å²) in [6.07, 6.45) is 3.99. The maximum Gasteiger partial charge on any atom is 0.216 e. The number of nitrogens with two attached hydrogens (primary N) is 1. The molecule has 0 unspecified atom stereocenters. The summed E-state index contributed by atoms with van der Waals surface area (Å²) in [5, 5.41) is 0. The molecule has 3 N–H and O–H groups in total. The molecule has 0 aromatic heterocycles. The van der Waals surface area contributed by atoms with Gasteiger partial charge in [0.05, 0.1) is 5.75 Å². The van der Waals surface area contributed by atoms with E-state index in [-0.39, 0.29) is 11.8 Å². The zero-order valence-corrected chi connectivity index (χ0v) is 13.0. The Bertz CT molecular complexity index is 540. The summed E-state index contributed by atoms with van der Waals surface area (Å²) in [4.78, 5) is 0. The summed E-state index contributed by atoms with van der Waals surface area (Å²) in [5.41, 5.74) is 7.36. The molecule has 1 aromatic carbocycles. The molecule has 4 nitrogen and oxygen atoms in total. The third kappa shape index (κ3) is 4.49. The second kappa shape index (κ2) is 5.74. The molecule has 0 heterocycles. The smallest absolute Gasteiger partial charge is 0.216 e. The van der Waals surface area contributed by atoms with E-state index in [0.29, 0.717) is 11.1 Å². The van der Waals surface area contributed by atoms with E-state index in [4.69, 9.17) is 5.73 Å². The Morgan fingerprint density at radius 3 is 2.30 bits per heavy atom. The number of hydrogen-bond acceptors (Lipinski definition) is 3. The Balaban J connectivity index is 1.93. The number of sulfonamides is 1. The number of nitrogen functional groups attached to an aromatic ring is 1. The van der Waals surface area contributed by atoms with Crippen molar-refractivity contribution in [2.24, 2.45) is 5.41 Å². The number of nitrogens with one attached hydrogen (secondary N) is 1. The largest absolute Gasteiger partial charge is 0.399 e. The lowest BCUT2D eigenvalue weighted by Gasteiger charge is -2.34. The quantitative estimate of drug-likeness (QED) is 0.839. The molecule has 1 aromatic rings. The molecule has 0 bridgehead atoms. The summed E-state index contributed by atoms with van der Waals surface area (Å²) in [6.45, 7) is 4.48. The highest BCUT2D eigenvalue weighted by Crippen LogP contribution is 2.35. The Morgan fingerprint density at radius 1 is 1.20 bits per heavy atom. The maximum atomic E-state index is 12.2. The fourth-order valence-corrected chi connectivity index (χ4v) is 4.10. The maximum absolute atomic E-state index is 12.2. The molecule has 1 saturated carbocycles. The van der Waals surface area contributed by atoms with Gasteiger partial charge in [-0.1, -0.05) is 26.0 Å². The van der Waals surface area contributed by atoms with Gasteiger partial charge in [0.15, 0.2) is 0 Å². The molecular formula is C15H24N2O2S. The molecule has 0 aliphatic heterocycles. The van der Waals surface area contributed by atoms with Crippen molar-refractivity contribution in [1.82, 2.24) is 4.72 Å². The van der Waals surface area contributed by atoms with Crippen molar-refractivity contribution in [3.8, 4) is 0 Å². The lowest BCUT2D eigenvalue weighted by atomic mass is 9.76. The molecule has 1 aliphatic carbocycles. The van der Waals surface area contributed by atoms with Crippen molar-refractivity contribution in [1.29, 1.82) is 0 Å². The van der Waals surface area contributed by atoms with Gasteiger partial charge in [0.1, 0.15) is 0 Å². The van der Waals surface area contributed by atoms with Crippen LogP contribution in [0.3, 0.4) is 0 Å². The van der Waals surface area contributed by atoms with Gasteiger partial charge in [0.2, 0.25) is 10.0 Å². The molecule has 1 aliphatic rings. The molecule has 0 saturated heterocycles. The first kappa shape index (κ1) is 15.3. The third-order valence-electron chi connectivity index (χ3n) is 4.02. The van der Waals surface area contributed by atoms with E-state index in [0.717, 1.165) is 31.2 Å². The molecule has 1 fully saturated rings. The van der Waals surface area contributed by atoms with Crippen LogP contribution in [0.5, 0.6) is 0 Å². The van der Waals surface area contributed by atoms with Crippen LogP contribution in [0, 0.1) is 5.41 Å². The number of anilines is 1. The van der Waals surface area contributed by atoms with Crippen LogP contribution in [0.2, 0.25) is 0 Å². The zero-order valence-electron chi connectivity index (χ0n) is 12.2. The van der Waals surface area contributed by atoms with E-state index in [1.807, 2.05) is 0 Å². The first-order valence-electron chi connectivity index (χ1n) is 7.10. The lowest BCUT2D eigenvalue weighted by molar-refractivity contribution is 0.218. The van der Waals surface area contributed by atoms with Gasteiger partial charge in [-0.15, -0.1) is 0 Å². The first-order valence-corrected chi connectivity index (χ1v) is 8.75. The van der Waals surface area contributed by atoms with Crippen molar-refractivity contribution in [2.45, 2.75) is 51.3 Å². The van der Waals surface area contributed by atoms with Gasteiger partial charge in [0, 0.05) is 11.7 Å². The van der Waals surface area contributed by atoms with E-state index in [1.54, 1.807) is 24.3 Å². The van der Waals surface area contributed by atoms with Gasteiger partial charge in [-0.3, -0.25) is 0 Å². The Morgan fingerprint density at radius 2 is 1.75 bits per heavy atom. The highest BCUT2D eigenvalue weighted by Gasteiger charge is 2.29. The van der Waals surface area contributed by atoms with E-state index in [2.05, 4.69) is 18.6 Å². The first-order chi connectivity index (χ1) is 9.26. The van der Waals surface area contributed by atoms with Gasteiger partial charge >= 0.3 is 0 Å². The van der Waals surface area contributed by atoms with Crippen molar-refractivity contribution >= 4 is 15.7 Å². The average Bonchev–Trinajstić information content (AvgIpc) is 2.34. The molecule has 20 heavy (non-hydrogen) atoms. The number of benzene rings is 1. The van der Waals surface area contributed by atoms with Crippen LogP contribution in [-0.4, -0.2) is 14.5 Å². The predicted octanol–water partition coefficient (Wildman–Crippen LogP) is 2.66. The summed E-state index contributed by atoms with van der Waals surface area (Å²) < 4.78 is 27.2. The van der Waals surface area contributed by atoms with Crippen molar-refractivity contribution in [3.63, 3.8) is 0 Å². The number of hydrogen-bond donors (Lipinski definition) is 2. The van der Waals surface area contributed by atoms with Gasteiger partial charge in [-0.05, 0) is 48.8 Å². The molecule has 0 radical (unpaired) electrons. The van der Waals surface area contributed by atoms with E-state index in [9.17, 15) is 8.42 Å². The minimum atomic E-state index is -3.28. The van der Waals surface area contributed by atoms with Gasteiger partial charge in [-0.2, -0.15) is 0 Å². The predicted molar refractivity (Wildman–Crippen MR) is 82.7 cm³/mol. The summed E-state index contributed by atoms with van der Waals surface area (Å²) >= 11 is 0. The van der Waals surface area contributed by atoms with Crippen LogP contribution < -0.4 is 10.5 Å². The molecule has 0 atom stereocenters. The molecule has 112 valence electrons. The van der Waals surface area contributed by atoms with E-state index >= 15 is 0 Å². The second-order valence-electron chi connectivity index (χ2n) is 6.56. The van der Waals surface area contributed by atoms with Crippen molar-refractivity contribution in [3.05, 3.63) is 29.8 Å². The Hall–Kier alpha value is -1.07. The van der Waals surface area contributed by atoms with Gasteiger partial charge in [0.25, 0.3) is 0 Å². The SMILES string of the molecule is CC1(C)CCC(NS(=O)(=O)Cc2ccc(N)cc2)CC1. The van der Waals surface area contributed by atoms with Gasteiger partial charge < -0.3 is 5.73 Å². The monoisotopic (exact) mass is 296 g/mol. The molecule has 2 rings (SSSR count). The van der Waals surface area contributed by atoms with E-state index in [1.165, 1.54) is 0 Å². The molecule has 0 amide bonds. The van der Waals surface area contributed by atoms with Gasteiger partial charge in [-0.25, -0.2) is 13.1 Å². The van der Waals surface area contributed by atoms with E-state index < -0.39 is 10.0 Å². The molecule has 0 spiro atoms. The third-order valence-corrected chi connectivity index (χ3v) is 5.43. The fourth-order valence-electron chi connectivity index (χ4n) is 2.65. The summed E-state index contributed by atoms with van der Waals surface area (Å²) in [6, 6.07) is 7.07. The average molecular weight is 296 g/mol. The van der Waals surface area contributed by atoms with Crippen LogP contribution in [0.1, 0.15) is 45.1 Å². The minimum Gasteiger partial charge on any atom is -0.399 e. The summed E-state index contributed by atoms with van der Waals surface area (Å²) in [5.74, 6) is 0.0210. The van der Waals surface area contributed by atoms with Crippen LogP contribution >= 0.6 is 0 Å². The van der Waals surface area contributed by atoms with Crippen LogP contribution in [0.25, 0.3) is 0 Å². The van der Waals surface area contributed by atoms with Crippen LogP contribution in [0.15, 0.2) is 24.3 Å².